The summed E-state index contributed by atoms with van der Waals surface area (Å²) in [7, 11) is 1.24. The summed E-state index contributed by atoms with van der Waals surface area (Å²) in [5.74, 6) is -1.06. The first kappa shape index (κ1) is 12.8. The van der Waals surface area contributed by atoms with Crippen molar-refractivity contribution in [2.45, 2.75) is 0 Å². The van der Waals surface area contributed by atoms with Gasteiger partial charge in [-0.1, -0.05) is 22.9 Å². The molecular formula is C11H8ClFN2O2S. The summed E-state index contributed by atoms with van der Waals surface area (Å²) in [4.78, 5) is 15.4. The molecule has 0 fully saturated rings. The molecule has 0 aliphatic carbocycles. The van der Waals surface area contributed by atoms with Crippen LogP contribution in [0.15, 0.2) is 18.2 Å². The summed E-state index contributed by atoms with van der Waals surface area (Å²) >= 11 is 7.00. The van der Waals surface area contributed by atoms with Gasteiger partial charge in [0.05, 0.1) is 12.1 Å². The van der Waals surface area contributed by atoms with E-state index in [2.05, 4.69) is 9.72 Å². The molecule has 1 aromatic carbocycles. The number of esters is 1. The maximum Gasteiger partial charge on any atom is 0.359 e. The number of carbonyl (C=O) groups is 1. The van der Waals surface area contributed by atoms with Crippen molar-refractivity contribution in [3.63, 3.8) is 0 Å². The van der Waals surface area contributed by atoms with Crippen molar-refractivity contribution >= 4 is 33.9 Å². The molecule has 0 saturated heterocycles. The van der Waals surface area contributed by atoms with Crippen molar-refractivity contribution in [3.05, 3.63) is 34.7 Å². The van der Waals surface area contributed by atoms with Gasteiger partial charge in [0, 0.05) is 5.56 Å². The number of benzene rings is 1. The molecule has 0 radical (unpaired) electrons. The van der Waals surface area contributed by atoms with Crippen molar-refractivity contribution in [1.82, 2.24) is 4.98 Å². The quantitative estimate of drug-likeness (QED) is 0.862. The molecule has 0 aliphatic heterocycles. The van der Waals surface area contributed by atoms with Gasteiger partial charge in [0.15, 0.2) is 5.69 Å². The molecule has 0 spiro atoms. The minimum atomic E-state index is -0.617. The molecule has 0 aliphatic rings. The van der Waals surface area contributed by atoms with Crippen LogP contribution in [0.5, 0.6) is 0 Å². The van der Waals surface area contributed by atoms with E-state index in [0.29, 0.717) is 10.6 Å². The van der Waals surface area contributed by atoms with Crippen LogP contribution in [0, 0.1) is 5.82 Å². The van der Waals surface area contributed by atoms with Crippen molar-refractivity contribution in [3.8, 4) is 10.6 Å². The Balaban J connectivity index is 2.49. The van der Waals surface area contributed by atoms with Gasteiger partial charge < -0.3 is 10.5 Å². The zero-order valence-electron chi connectivity index (χ0n) is 9.24. The number of hydrogen-bond acceptors (Lipinski definition) is 5. The molecule has 2 rings (SSSR count). The molecule has 2 N–H and O–H groups in total. The molecule has 0 bridgehead atoms. The van der Waals surface area contributed by atoms with Gasteiger partial charge in [-0.2, -0.15) is 0 Å². The monoisotopic (exact) mass is 286 g/mol. The van der Waals surface area contributed by atoms with Crippen molar-refractivity contribution in [2.75, 3.05) is 12.8 Å². The normalized spacial score (nSPS) is 10.4. The van der Waals surface area contributed by atoms with Crippen LogP contribution in [0.25, 0.3) is 10.6 Å². The van der Waals surface area contributed by atoms with Gasteiger partial charge in [-0.05, 0) is 18.2 Å². The SMILES string of the molecule is COC(=O)c1nc(-c2ccc(F)cc2Cl)sc1N. The van der Waals surface area contributed by atoms with Crippen LogP contribution >= 0.6 is 22.9 Å². The number of methoxy groups -OCH3 is 1. The number of thiazole rings is 1. The minimum Gasteiger partial charge on any atom is -0.464 e. The van der Waals surface area contributed by atoms with Gasteiger partial charge >= 0.3 is 5.97 Å². The summed E-state index contributed by atoms with van der Waals surface area (Å²) < 4.78 is 17.5. The first-order valence-corrected chi connectivity index (χ1v) is 6.02. The Hall–Kier alpha value is -1.66. The molecular weight excluding hydrogens is 279 g/mol. The molecule has 4 nitrogen and oxygen atoms in total. The van der Waals surface area contributed by atoms with Gasteiger partial charge in [-0.15, -0.1) is 0 Å². The Morgan fingerprint density at radius 3 is 2.89 bits per heavy atom. The molecule has 18 heavy (non-hydrogen) atoms. The lowest BCUT2D eigenvalue weighted by atomic mass is 10.2. The second-order valence-corrected chi connectivity index (χ2v) is 4.79. The van der Waals surface area contributed by atoms with Crippen molar-refractivity contribution < 1.29 is 13.9 Å². The van der Waals surface area contributed by atoms with Crippen LogP contribution in [0.3, 0.4) is 0 Å². The predicted molar refractivity (Wildman–Crippen MR) is 68.3 cm³/mol. The number of nitrogen functional groups attached to an aromatic ring is 1. The standard InChI is InChI=1S/C11H8ClFN2O2S/c1-17-11(16)8-9(14)18-10(15-8)6-3-2-5(13)4-7(6)12/h2-4H,14H2,1H3. The highest BCUT2D eigenvalue weighted by molar-refractivity contribution is 7.19. The van der Waals surface area contributed by atoms with Crippen LogP contribution in [0.4, 0.5) is 9.39 Å². The molecule has 1 aromatic heterocycles. The summed E-state index contributed by atoms with van der Waals surface area (Å²) in [5, 5.41) is 0.885. The molecule has 94 valence electrons. The number of aromatic nitrogens is 1. The second-order valence-electron chi connectivity index (χ2n) is 3.35. The lowest BCUT2D eigenvalue weighted by Gasteiger charge is -1.99. The van der Waals surface area contributed by atoms with E-state index in [1.807, 2.05) is 0 Å². The third-order valence-corrected chi connectivity index (χ3v) is 3.42. The fraction of sp³-hybridized carbons (Fsp3) is 0.0909. The van der Waals surface area contributed by atoms with E-state index in [-0.39, 0.29) is 15.7 Å². The average Bonchev–Trinajstić information content (AvgIpc) is 2.70. The number of carbonyl (C=O) groups excluding carboxylic acids is 1. The predicted octanol–water partition coefficient (Wildman–Crippen LogP) is 2.97. The Labute approximate surface area is 111 Å². The van der Waals surface area contributed by atoms with E-state index in [9.17, 15) is 9.18 Å². The summed E-state index contributed by atoms with van der Waals surface area (Å²) in [6.07, 6.45) is 0. The molecule has 1 heterocycles. The maximum atomic E-state index is 12.9. The highest BCUT2D eigenvalue weighted by atomic mass is 35.5. The molecule has 2 aromatic rings. The molecule has 0 amide bonds. The maximum absolute atomic E-state index is 12.9. The third-order valence-electron chi connectivity index (χ3n) is 2.19. The number of nitrogens with zero attached hydrogens (tertiary/aromatic N) is 1. The number of halogens is 2. The Morgan fingerprint density at radius 2 is 2.28 bits per heavy atom. The summed E-state index contributed by atoms with van der Waals surface area (Å²) in [6.45, 7) is 0. The smallest absolute Gasteiger partial charge is 0.359 e. The molecule has 0 unspecified atom stereocenters. The van der Waals surface area contributed by atoms with Gasteiger partial charge in [0.2, 0.25) is 0 Å². The Morgan fingerprint density at radius 1 is 1.56 bits per heavy atom. The number of ether oxygens (including phenoxy) is 1. The van der Waals surface area contributed by atoms with Crippen LogP contribution < -0.4 is 5.73 Å². The number of hydrogen-bond donors (Lipinski definition) is 1. The zero-order chi connectivity index (χ0) is 13.3. The van der Waals surface area contributed by atoms with Gasteiger partial charge in [0.1, 0.15) is 15.8 Å². The largest absolute Gasteiger partial charge is 0.464 e. The van der Waals surface area contributed by atoms with Gasteiger partial charge in [-0.25, -0.2) is 14.2 Å². The van der Waals surface area contributed by atoms with E-state index in [4.69, 9.17) is 17.3 Å². The first-order valence-electron chi connectivity index (χ1n) is 4.83. The van der Waals surface area contributed by atoms with E-state index in [1.54, 1.807) is 0 Å². The van der Waals surface area contributed by atoms with Crippen molar-refractivity contribution in [1.29, 1.82) is 0 Å². The van der Waals surface area contributed by atoms with Crippen LogP contribution in [0.1, 0.15) is 10.5 Å². The molecule has 0 atom stereocenters. The lowest BCUT2D eigenvalue weighted by Crippen LogP contribution is -2.04. The third kappa shape index (κ3) is 2.30. The topological polar surface area (TPSA) is 65.2 Å². The fourth-order valence-corrected chi connectivity index (χ4v) is 2.52. The minimum absolute atomic E-state index is 0.0397. The fourth-order valence-electron chi connectivity index (χ4n) is 1.35. The number of anilines is 1. The second kappa shape index (κ2) is 4.91. The van der Waals surface area contributed by atoms with E-state index < -0.39 is 11.8 Å². The highest BCUT2D eigenvalue weighted by Crippen LogP contribution is 2.34. The molecule has 0 saturated carbocycles. The summed E-state index contributed by atoms with van der Waals surface area (Å²) in [5.41, 5.74) is 6.23. The first-order chi connectivity index (χ1) is 8.52. The van der Waals surface area contributed by atoms with Gasteiger partial charge in [-0.3, -0.25) is 0 Å². The lowest BCUT2D eigenvalue weighted by molar-refractivity contribution is 0.0596. The van der Waals surface area contributed by atoms with E-state index in [1.165, 1.54) is 25.3 Å². The number of rotatable bonds is 2. The zero-order valence-corrected chi connectivity index (χ0v) is 10.8. The summed E-state index contributed by atoms with van der Waals surface area (Å²) in [6, 6.07) is 3.92. The molecule has 7 heteroatoms. The van der Waals surface area contributed by atoms with Crippen LogP contribution in [0.2, 0.25) is 5.02 Å². The van der Waals surface area contributed by atoms with E-state index >= 15 is 0 Å². The van der Waals surface area contributed by atoms with Crippen LogP contribution in [-0.2, 0) is 4.74 Å². The van der Waals surface area contributed by atoms with Crippen LogP contribution in [-0.4, -0.2) is 18.1 Å². The number of nitrogens with two attached hydrogens (primary N) is 1. The average molecular weight is 287 g/mol. The van der Waals surface area contributed by atoms with E-state index in [0.717, 1.165) is 11.3 Å². The Bertz CT molecular complexity index is 615. The highest BCUT2D eigenvalue weighted by Gasteiger charge is 2.18. The van der Waals surface area contributed by atoms with Gasteiger partial charge in [0.25, 0.3) is 0 Å². The Kier molecular flexibility index (Phi) is 3.49. The van der Waals surface area contributed by atoms with Crippen molar-refractivity contribution in [2.24, 2.45) is 0 Å².